The molecule has 1 aromatic carbocycles. The molecule has 1 unspecified atom stereocenters. The molecule has 0 radical (unpaired) electrons. The normalized spacial score (nSPS) is 15.5. The lowest BCUT2D eigenvalue weighted by Gasteiger charge is -2.38. The van der Waals surface area contributed by atoms with Crippen molar-refractivity contribution in [2.75, 3.05) is 13.9 Å². The number of halogens is 6. The van der Waals surface area contributed by atoms with E-state index in [1.165, 1.54) is 12.1 Å². The second-order valence-corrected chi connectivity index (χ2v) is 9.53. The van der Waals surface area contributed by atoms with Gasteiger partial charge in [0.25, 0.3) is 5.60 Å². The average molecular weight is 428 g/mol. The van der Waals surface area contributed by atoms with Crippen molar-refractivity contribution < 1.29 is 35.8 Å². The predicted octanol–water partition coefficient (Wildman–Crippen LogP) is 7.19. The van der Waals surface area contributed by atoms with Gasteiger partial charge in [0.05, 0.1) is 0 Å². The highest BCUT2D eigenvalue weighted by Gasteiger charge is 2.73. The second kappa shape index (κ2) is 8.46. The summed E-state index contributed by atoms with van der Waals surface area (Å²) in [6.45, 7) is 10.9. The fourth-order valence-corrected chi connectivity index (χ4v) is 3.37. The molecule has 0 fully saturated rings. The van der Waals surface area contributed by atoms with Crippen molar-refractivity contribution in [2.45, 2.75) is 71.8 Å². The van der Waals surface area contributed by atoms with Crippen molar-refractivity contribution in [3.05, 3.63) is 35.4 Å². The molecule has 29 heavy (non-hydrogen) atoms. The first-order chi connectivity index (χ1) is 12.9. The van der Waals surface area contributed by atoms with Gasteiger partial charge < -0.3 is 9.47 Å². The summed E-state index contributed by atoms with van der Waals surface area (Å²) in [7, 11) is 0.959. The first kappa shape index (κ1) is 25.8. The van der Waals surface area contributed by atoms with Gasteiger partial charge in [-0.1, -0.05) is 65.8 Å². The Labute approximate surface area is 168 Å². The lowest BCUT2D eigenvalue weighted by molar-refractivity contribution is -0.400. The van der Waals surface area contributed by atoms with E-state index in [1.807, 2.05) is 41.5 Å². The number of rotatable bonds is 6. The zero-order chi connectivity index (χ0) is 22.9. The Morgan fingerprint density at radius 1 is 0.793 bits per heavy atom. The summed E-state index contributed by atoms with van der Waals surface area (Å²) >= 11 is 0. The van der Waals surface area contributed by atoms with E-state index in [2.05, 4.69) is 9.47 Å². The summed E-state index contributed by atoms with van der Waals surface area (Å²) in [6, 6.07) is 4.37. The number of ether oxygens (including phenoxy) is 2. The van der Waals surface area contributed by atoms with Crippen LogP contribution in [0.3, 0.4) is 0 Å². The number of methoxy groups -OCH3 is 1. The number of hydrogen-bond acceptors (Lipinski definition) is 2. The zero-order valence-electron chi connectivity index (χ0n) is 17.9. The molecule has 0 spiro atoms. The van der Waals surface area contributed by atoms with Crippen molar-refractivity contribution in [2.24, 2.45) is 10.8 Å². The van der Waals surface area contributed by atoms with Crippen LogP contribution in [0.25, 0.3) is 0 Å². The molecule has 0 aliphatic rings. The Bertz CT molecular complexity index is 634. The van der Waals surface area contributed by atoms with Crippen LogP contribution in [0, 0.1) is 10.8 Å². The van der Waals surface area contributed by atoms with Crippen LogP contribution < -0.4 is 0 Å². The lowest BCUT2D eigenvalue weighted by atomic mass is 9.69. The van der Waals surface area contributed by atoms with Gasteiger partial charge in [0.1, 0.15) is 6.79 Å². The molecular weight excluding hydrogens is 398 g/mol. The highest BCUT2D eigenvalue weighted by molar-refractivity contribution is 5.33. The lowest BCUT2D eigenvalue weighted by Crippen LogP contribution is -2.56. The van der Waals surface area contributed by atoms with E-state index in [0.29, 0.717) is 5.56 Å². The van der Waals surface area contributed by atoms with E-state index in [0.717, 1.165) is 25.7 Å². The molecule has 0 heterocycles. The van der Waals surface area contributed by atoms with Gasteiger partial charge in [0.2, 0.25) is 0 Å². The van der Waals surface area contributed by atoms with Gasteiger partial charge in [-0.05, 0) is 28.7 Å². The Kier molecular flexibility index (Phi) is 7.51. The summed E-state index contributed by atoms with van der Waals surface area (Å²) in [5, 5.41) is 0. The van der Waals surface area contributed by atoms with Crippen molar-refractivity contribution in [3.8, 4) is 0 Å². The van der Waals surface area contributed by atoms with Crippen LogP contribution in [0.2, 0.25) is 0 Å². The molecule has 0 N–H and O–H groups in total. The fourth-order valence-electron chi connectivity index (χ4n) is 3.37. The molecule has 0 aliphatic carbocycles. The minimum absolute atomic E-state index is 0.0531. The van der Waals surface area contributed by atoms with Gasteiger partial charge in [-0.15, -0.1) is 0 Å². The Morgan fingerprint density at radius 2 is 1.24 bits per heavy atom. The summed E-state index contributed by atoms with van der Waals surface area (Å²) in [5.74, 6) is -0.0531. The highest BCUT2D eigenvalue weighted by atomic mass is 19.4. The van der Waals surface area contributed by atoms with Gasteiger partial charge in [-0.3, -0.25) is 0 Å². The highest BCUT2D eigenvalue weighted by Crippen LogP contribution is 2.53. The Morgan fingerprint density at radius 3 is 1.55 bits per heavy atom. The van der Waals surface area contributed by atoms with E-state index in [4.69, 9.17) is 0 Å². The third-order valence-electron chi connectivity index (χ3n) is 4.77. The van der Waals surface area contributed by atoms with Crippen LogP contribution in [-0.2, 0) is 15.1 Å². The van der Waals surface area contributed by atoms with Crippen molar-refractivity contribution >= 4 is 0 Å². The Hall–Kier alpha value is -1.28. The molecule has 1 rings (SSSR count). The monoisotopic (exact) mass is 428 g/mol. The van der Waals surface area contributed by atoms with E-state index < -0.39 is 30.3 Å². The first-order valence-corrected chi connectivity index (χ1v) is 9.23. The van der Waals surface area contributed by atoms with Gasteiger partial charge in [-0.25, -0.2) is 0 Å². The zero-order valence-corrected chi connectivity index (χ0v) is 17.9. The summed E-state index contributed by atoms with van der Waals surface area (Å²) < 4.78 is 90.5. The molecule has 0 saturated heterocycles. The molecule has 0 amide bonds. The molecule has 0 aromatic heterocycles. The average Bonchev–Trinajstić information content (AvgIpc) is 2.49. The van der Waals surface area contributed by atoms with E-state index in [9.17, 15) is 26.3 Å². The van der Waals surface area contributed by atoms with E-state index >= 15 is 0 Å². The van der Waals surface area contributed by atoms with E-state index in [1.54, 1.807) is 0 Å². The summed E-state index contributed by atoms with van der Waals surface area (Å²) in [5.41, 5.74) is -5.11. The molecule has 0 bridgehead atoms. The smallest absolute Gasteiger partial charge is 0.359 e. The van der Waals surface area contributed by atoms with Gasteiger partial charge >= 0.3 is 12.4 Å². The van der Waals surface area contributed by atoms with Gasteiger partial charge in [-0.2, -0.15) is 26.3 Å². The molecule has 0 saturated carbocycles. The van der Waals surface area contributed by atoms with Crippen molar-refractivity contribution in [3.63, 3.8) is 0 Å². The second-order valence-electron chi connectivity index (χ2n) is 9.53. The molecule has 8 heteroatoms. The largest absolute Gasteiger partial charge is 0.430 e. The molecular formula is C21H30F6O2. The standard InChI is InChI=1S/C21H30F6O2/c1-17(2,3)12-16(18(4,5)6)14-8-10-15(11-9-14)19(20(22,23)24,21(25,26)27)29-13-28-7/h8-11,16H,12-13H2,1-7H3. The third-order valence-corrected chi connectivity index (χ3v) is 4.77. The van der Waals surface area contributed by atoms with Crippen LogP contribution in [0.1, 0.15) is 65.0 Å². The number of hydrogen-bond donors (Lipinski definition) is 0. The topological polar surface area (TPSA) is 18.5 Å². The van der Waals surface area contributed by atoms with Crippen LogP contribution in [-0.4, -0.2) is 26.3 Å². The molecule has 2 nitrogen and oxygen atoms in total. The summed E-state index contributed by atoms with van der Waals surface area (Å²) in [4.78, 5) is 0. The van der Waals surface area contributed by atoms with Crippen LogP contribution >= 0.6 is 0 Å². The minimum atomic E-state index is -5.72. The molecule has 168 valence electrons. The minimum Gasteiger partial charge on any atom is -0.359 e. The number of benzene rings is 1. The maximum Gasteiger partial charge on any atom is 0.430 e. The van der Waals surface area contributed by atoms with Gasteiger partial charge in [0.15, 0.2) is 0 Å². The maximum atomic E-state index is 13.7. The summed E-state index contributed by atoms with van der Waals surface area (Å²) in [6.07, 6.45) is -10.7. The fraction of sp³-hybridized carbons (Fsp3) is 0.714. The molecule has 0 aliphatic heterocycles. The quantitative estimate of drug-likeness (QED) is 0.353. The Balaban J connectivity index is 3.53. The maximum absolute atomic E-state index is 13.7. The van der Waals surface area contributed by atoms with E-state index in [-0.39, 0.29) is 16.7 Å². The SMILES string of the molecule is COCOC(c1ccc(C(CC(C)(C)C)C(C)(C)C)cc1)(C(F)(F)F)C(F)(F)F. The number of alkyl halides is 6. The predicted molar refractivity (Wildman–Crippen MR) is 99.5 cm³/mol. The van der Waals surface area contributed by atoms with Gasteiger partial charge in [0, 0.05) is 12.7 Å². The third kappa shape index (κ3) is 5.87. The first-order valence-electron chi connectivity index (χ1n) is 9.23. The molecule has 1 aromatic rings. The van der Waals surface area contributed by atoms with Crippen molar-refractivity contribution in [1.29, 1.82) is 0 Å². The van der Waals surface area contributed by atoms with Crippen LogP contribution in [0.4, 0.5) is 26.3 Å². The van der Waals surface area contributed by atoms with Crippen LogP contribution in [0.15, 0.2) is 24.3 Å². The van der Waals surface area contributed by atoms with Crippen molar-refractivity contribution in [1.82, 2.24) is 0 Å². The van der Waals surface area contributed by atoms with Crippen LogP contribution in [0.5, 0.6) is 0 Å². The molecule has 1 atom stereocenters.